The molecule has 2 saturated carbocycles. The molecule has 102 valence electrons. The maximum atomic E-state index is 4.94. The molecule has 0 aromatic rings. The summed E-state index contributed by atoms with van der Waals surface area (Å²) in [5.41, 5.74) is 0. The highest BCUT2D eigenvalue weighted by Crippen LogP contribution is 2.36. The first kappa shape index (κ1) is 13.2. The van der Waals surface area contributed by atoms with Crippen molar-refractivity contribution in [1.29, 1.82) is 0 Å². The molecule has 1 heterocycles. The third-order valence-electron chi connectivity index (χ3n) is 4.45. The van der Waals surface area contributed by atoms with Crippen LogP contribution in [0, 0.1) is 5.92 Å². The normalized spacial score (nSPS) is 39.5. The molecule has 3 aliphatic rings. The first-order valence-electron chi connectivity index (χ1n) is 7.44. The molecular formula is C14H24N2S2. The molecule has 2 nitrogen and oxygen atoms in total. The lowest BCUT2D eigenvalue weighted by Gasteiger charge is -2.25. The molecule has 0 aromatic heterocycles. The minimum Gasteiger partial charge on any atom is -0.362 e. The Morgan fingerprint density at radius 3 is 3.17 bits per heavy atom. The second kappa shape index (κ2) is 6.08. The Bertz CT molecular complexity index is 319. The van der Waals surface area contributed by atoms with Crippen LogP contribution in [0.1, 0.15) is 45.4 Å². The Morgan fingerprint density at radius 2 is 2.28 bits per heavy atom. The summed E-state index contributed by atoms with van der Waals surface area (Å²) in [5, 5.41) is 5.86. The number of nitrogens with one attached hydrogen (secondary N) is 1. The lowest BCUT2D eigenvalue weighted by atomic mass is 10.1. The second-order valence-electron chi connectivity index (χ2n) is 5.74. The van der Waals surface area contributed by atoms with Crippen molar-refractivity contribution in [3.8, 4) is 0 Å². The summed E-state index contributed by atoms with van der Waals surface area (Å²) in [6, 6.07) is 1.34. The van der Waals surface area contributed by atoms with Crippen LogP contribution in [0.3, 0.4) is 0 Å². The Morgan fingerprint density at radius 1 is 1.33 bits per heavy atom. The summed E-state index contributed by atoms with van der Waals surface area (Å²) in [6.07, 6.45) is 8.20. The summed E-state index contributed by atoms with van der Waals surface area (Å²) in [4.78, 5) is 4.94. The molecule has 0 saturated heterocycles. The Labute approximate surface area is 119 Å². The molecule has 0 amide bonds. The number of fused-ring (bicyclic) bond motifs is 1. The van der Waals surface area contributed by atoms with Gasteiger partial charge < -0.3 is 5.32 Å². The molecule has 1 aliphatic heterocycles. The van der Waals surface area contributed by atoms with Crippen molar-refractivity contribution < 1.29 is 0 Å². The SMILES string of the molecule is CCSC1CCC(NC2=NC3CCCC3CS2)C1. The molecule has 4 atom stereocenters. The van der Waals surface area contributed by atoms with Gasteiger partial charge in [0.1, 0.15) is 0 Å². The van der Waals surface area contributed by atoms with Crippen molar-refractivity contribution in [2.24, 2.45) is 10.9 Å². The van der Waals surface area contributed by atoms with Crippen molar-refractivity contribution in [2.45, 2.75) is 62.8 Å². The molecule has 4 heteroatoms. The largest absolute Gasteiger partial charge is 0.362 e. The average Bonchev–Trinajstić information content (AvgIpc) is 2.98. The van der Waals surface area contributed by atoms with Crippen LogP contribution in [0.15, 0.2) is 4.99 Å². The van der Waals surface area contributed by atoms with E-state index in [1.165, 1.54) is 55.2 Å². The zero-order valence-electron chi connectivity index (χ0n) is 11.2. The second-order valence-corrected chi connectivity index (χ2v) is 8.32. The highest BCUT2D eigenvalue weighted by atomic mass is 32.2. The van der Waals surface area contributed by atoms with Gasteiger partial charge in [0.2, 0.25) is 0 Å². The lowest BCUT2D eigenvalue weighted by molar-refractivity contribution is 0.528. The molecule has 4 unspecified atom stereocenters. The molecule has 18 heavy (non-hydrogen) atoms. The highest BCUT2D eigenvalue weighted by molar-refractivity contribution is 8.13. The lowest BCUT2D eigenvalue weighted by Crippen LogP contribution is -2.35. The highest BCUT2D eigenvalue weighted by Gasteiger charge is 2.32. The number of rotatable bonds is 3. The fraction of sp³-hybridized carbons (Fsp3) is 0.929. The van der Waals surface area contributed by atoms with Gasteiger partial charge in [0, 0.05) is 17.0 Å². The third kappa shape index (κ3) is 3.01. The number of hydrogen-bond donors (Lipinski definition) is 1. The van der Waals surface area contributed by atoms with Gasteiger partial charge in [-0.05, 0) is 43.8 Å². The molecule has 2 aliphatic carbocycles. The van der Waals surface area contributed by atoms with Crippen molar-refractivity contribution in [3.63, 3.8) is 0 Å². The summed E-state index contributed by atoms with van der Waals surface area (Å²) in [7, 11) is 0. The minimum atomic E-state index is 0.649. The number of hydrogen-bond acceptors (Lipinski definition) is 4. The van der Waals surface area contributed by atoms with Gasteiger partial charge in [-0.15, -0.1) is 0 Å². The van der Waals surface area contributed by atoms with Crippen molar-refractivity contribution in [3.05, 3.63) is 0 Å². The van der Waals surface area contributed by atoms with Crippen LogP contribution in [0.25, 0.3) is 0 Å². The smallest absolute Gasteiger partial charge is 0.157 e. The number of amidine groups is 1. The van der Waals surface area contributed by atoms with E-state index in [0.29, 0.717) is 12.1 Å². The Hall–Kier alpha value is 0.170. The van der Waals surface area contributed by atoms with Crippen molar-refractivity contribution in [1.82, 2.24) is 5.32 Å². The third-order valence-corrected chi connectivity index (χ3v) is 6.78. The summed E-state index contributed by atoms with van der Waals surface area (Å²) in [6.45, 7) is 2.27. The first-order chi connectivity index (χ1) is 8.85. The van der Waals surface area contributed by atoms with Gasteiger partial charge in [0.15, 0.2) is 5.17 Å². The molecule has 2 fully saturated rings. The van der Waals surface area contributed by atoms with Crippen molar-refractivity contribution >= 4 is 28.7 Å². The van der Waals surface area contributed by atoms with Crippen molar-refractivity contribution in [2.75, 3.05) is 11.5 Å². The van der Waals surface area contributed by atoms with Gasteiger partial charge in [0.05, 0.1) is 6.04 Å². The fourth-order valence-electron chi connectivity index (χ4n) is 3.47. The standard InChI is InChI=1S/C14H24N2S2/c1-2-17-12-7-6-11(8-12)15-14-16-13-5-3-4-10(13)9-18-14/h10-13H,2-9H2,1H3,(H,15,16). The van der Waals surface area contributed by atoms with Crippen LogP contribution in [0.5, 0.6) is 0 Å². The van der Waals surface area contributed by atoms with E-state index in [0.717, 1.165) is 11.2 Å². The predicted molar refractivity (Wildman–Crippen MR) is 83.7 cm³/mol. The van der Waals surface area contributed by atoms with Crippen LogP contribution >= 0.6 is 23.5 Å². The van der Waals surface area contributed by atoms with Gasteiger partial charge >= 0.3 is 0 Å². The van der Waals surface area contributed by atoms with E-state index in [2.05, 4.69) is 24.0 Å². The topological polar surface area (TPSA) is 24.4 Å². The minimum absolute atomic E-state index is 0.649. The van der Waals surface area contributed by atoms with Crippen LogP contribution in [0.4, 0.5) is 0 Å². The van der Waals surface area contributed by atoms with E-state index >= 15 is 0 Å². The summed E-state index contributed by atoms with van der Waals surface area (Å²) in [5.74, 6) is 3.44. The van der Waals surface area contributed by atoms with Crippen LogP contribution in [-0.2, 0) is 0 Å². The Balaban J connectivity index is 1.51. The Kier molecular flexibility index (Phi) is 4.45. The first-order valence-corrected chi connectivity index (χ1v) is 9.47. The molecule has 3 rings (SSSR count). The maximum Gasteiger partial charge on any atom is 0.157 e. The van der Waals surface area contributed by atoms with E-state index in [-0.39, 0.29) is 0 Å². The molecule has 0 bridgehead atoms. The van der Waals surface area contributed by atoms with E-state index in [1.54, 1.807) is 0 Å². The zero-order chi connectivity index (χ0) is 12.4. The monoisotopic (exact) mass is 284 g/mol. The van der Waals surface area contributed by atoms with E-state index in [1.807, 2.05) is 11.8 Å². The van der Waals surface area contributed by atoms with E-state index in [4.69, 9.17) is 4.99 Å². The number of aliphatic imine (C=N–C) groups is 1. The molecule has 0 radical (unpaired) electrons. The van der Waals surface area contributed by atoms with Gasteiger partial charge in [-0.25, -0.2) is 0 Å². The fourth-order valence-corrected chi connectivity index (χ4v) is 5.83. The molecular weight excluding hydrogens is 260 g/mol. The molecule has 1 N–H and O–H groups in total. The van der Waals surface area contributed by atoms with Crippen LogP contribution in [-0.4, -0.2) is 34.0 Å². The zero-order valence-corrected chi connectivity index (χ0v) is 12.9. The van der Waals surface area contributed by atoms with Gasteiger partial charge in [-0.3, -0.25) is 4.99 Å². The summed E-state index contributed by atoms with van der Waals surface area (Å²) >= 11 is 4.11. The van der Waals surface area contributed by atoms with E-state index in [9.17, 15) is 0 Å². The average molecular weight is 284 g/mol. The summed E-state index contributed by atoms with van der Waals surface area (Å²) < 4.78 is 0. The van der Waals surface area contributed by atoms with Gasteiger partial charge in [0.25, 0.3) is 0 Å². The van der Waals surface area contributed by atoms with Crippen LogP contribution in [0.2, 0.25) is 0 Å². The van der Waals surface area contributed by atoms with Crippen LogP contribution < -0.4 is 5.32 Å². The van der Waals surface area contributed by atoms with Gasteiger partial charge in [-0.1, -0.05) is 25.1 Å². The predicted octanol–water partition coefficient (Wildman–Crippen LogP) is 3.52. The molecule has 0 spiro atoms. The molecule has 0 aromatic carbocycles. The number of nitrogens with zero attached hydrogens (tertiary/aromatic N) is 1. The van der Waals surface area contributed by atoms with Gasteiger partial charge in [-0.2, -0.15) is 11.8 Å². The maximum absolute atomic E-state index is 4.94. The number of thioether (sulfide) groups is 2. The van der Waals surface area contributed by atoms with E-state index < -0.39 is 0 Å². The quantitative estimate of drug-likeness (QED) is 0.858.